The van der Waals surface area contributed by atoms with Crippen molar-refractivity contribution in [1.29, 1.82) is 0 Å². The molecular formula is C22H22N4O4. The molecule has 0 saturated carbocycles. The lowest BCUT2D eigenvalue weighted by Gasteiger charge is -2.13. The average molecular weight is 406 g/mol. The van der Waals surface area contributed by atoms with Crippen molar-refractivity contribution in [2.24, 2.45) is 0 Å². The standard InChI is InChI=1S/C22H22N4O4/c1-15-8-13-19(25-22(29)24-17-9-11-18(30-2)12-10-17)21(28)26(15)14-20(27)23-16-6-4-3-5-7-16/h3-13H,14H2,1-2H3,(H,23,27)(H2,24,25,29). The van der Waals surface area contributed by atoms with Crippen molar-refractivity contribution >= 4 is 29.0 Å². The molecule has 0 aliphatic carbocycles. The third-order valence-corrected chi connectivity index (χ3v) is 4.35. The fraction of sp³-hybridized carbons (Fsp3) is 0.136. The molecular weight excluding hydrogens is 384 g/mol. The van der Waals surface area contributed by atoms with Gasteiger partial charge in [0.15, 0.2) is 0 Å². The molecule has 2 aromatic carbocycles. The Morgan fingerprint density at radius 3 is 2.20 bits per heavy atom. The quantitative estimate of drug-likeness (QED) is 0.584. The molecule has 8 nitrogen and oxygen atoms in total. The van der Waals surface area contributed by atoms with Gasteiger partial charge in [0.25, 0.3) is 5.56 Å². The van der Waals surface area contributed by atoms with Gasteiger partial charge in [0, 0.05) is 17.1 Å². The van der Waals surface area contributed by atoms with Crippen molar-refractivity contribution in [1.82, 2.24) is 4.57 Å². The van der Waals surface area contributed by atoms with Gasteiger partial charge in [-0.25, -0.2) is 4.79 Å². The molecule has 0 aliphatic heterocycles. The second-order valence-electron chi connectivity index (χ2n) is 6.50. The number of aromatic nitrogens is 1. The lowest BCUT2D eigenvalue weighted by Crippen LogP contribution is -2.32. The molecule has 0 bridgehead atoms. The molecule has 0 saturated heterocycles. The summed E-state index contributed by atoms with van der Waals surface area (Å²) in [5, 5.41) is 7.91. The second kappa shape index (κ2) is 9.42. The van der Waals surface area contributed by atoms with Gasteiger partial charge in [-0.2, -0.15) is 0 Å². The van der Waals surface area contributed by atoms with Crippen LogP contribution in [0.1, 0.15) is 5.69 Å². The van der Waals surface area contributed by atoms with Crippen LogP contribution in [0.3, 0.4) is 0 Å². The molecule has 8 heteroatoms. The lowest BCUT2D eigenvalue weighted by molar-refractivity contribution is -0.116. The van der Waals surface area contributed by atoms with E-state index in [1.54, 1.807) is 68.6 Å². The van der Waals surface area contributed by atoms with E-state index >= 15 is 0 Å². The lowest BCUT2D eigenvalue weighted by atomic mass is 10.3. The van der Waals surface area contributed by atoms with Gasteiger partial charge in [0.1, 0.15) is 18.0 Å². The van der Waals surface area contributed by atoms with Gasteiger partial charge in [-0.3, -0.25) is 9.59 Å². The number of hydrogen-bond donors (Lipinski definition) is 3. The minimum atomic E-state index is -0.568. The first kappa shape index (κ1) is 20.7. The summed E-state index contributed by atoms with van der Waals surface area (Å²) in [4.78, 5) is 37.4. The number of carbonyl (C=O) groups excluding carboxylic acids is 2. The molecule has 3 rings (SSSR count). The molecule has 0 radical (unpaired) electrons. The number of nitrogens with one attached hydrogen (secondary N) is 3. The maximum atomic E-state index is 12.8. The van der Waals surface area contributed by atoms with Gasteiger partial charge in [0.05, 0.1) is 7.11 Å². The van der Waals surface area contributed by atoms with Gasteiger partial charge >= 0.3 is 6.03 Å². The zero-order valence-corrected chi connectivity index (χ0v) is 16.6. The number of aryl methyl sites for hydroxylation is 1. The van der Waals surface area contributed by atoms with E-state index in [9.17, 15) is 14.4 Å². The van der Waals surface area contributed by atoms with E-state index in [2.05, 4.69) is 16.0 Å². The SMILES string of the molecule is COc1ccc(NC(=O)Nc2ccc(C)n(CC(=O)Nc3ccccc3)c2=O)cc1. The van der Waals surface area contributed by atoms with Gasteiger partial charge in [0.2, 0.25) is 5.91 Å². The zero-order valence-electron chi connectivity index (χ0n) is 16.6. The third kappa shape index (κ3) is 5.26. The summed E-state index contributed by atoms with van der Waals surface area (Å²) in [6.45, 7) is 1.55. The molecule has 1 aromatic heterocycles. The summed E-state index contributed by atoms with van der Waals surface area (Å²) in [5.74, 6) is 0.322. The monoisotopic (exact) mass is 406 g/mol. The number of amides is 3. The summed E-state index contributed by atoms with van der Waals surface area (Å²) < 4.78 is 6.38. The van der Waals surface area contributed by atoms with Crippen molar-refractivity contribution < 1.29 is 14.3 Å². The van der Waals surface area contributed by atoms with Crippen LogP contribution < -0.4 is 26.2 Å². The van der Waals surface area contributed by atoms with Crippen LogP contribution in [0, 0.1) is 6.92 Å². The molecule has 0 unspecified atom stereocenters. The van der Waals surface area contributed by atoms with Crippen LogP contribution in [-0.4, -0.2) is 23.6 Å². The van der Waals surface area contributed by atoms with Crippen molar-refractivity contribution in [3.8, 4) is 5.75 Å². The maximum Gasteiger partial charge on any atom is 0.323 e. The van der Waals surface area contributed by atoms with Crippen LogP contribution in [0.25, 0.3) is 0 Å². The minimum Gasteiger partial charge on any atom is -0.497 e. The fourth-order valence-corrected chi connectivity index (χ4v) is 2.79. The molecule has 154 valence electrons. The number of methoxy groups -OCH3 is 1. The van der Waals surface area contributed by atoms with Gasteiger partial charge in [-0.05, 0) is 55.5 Å². The Balaban J connectivity index is 1.69. The normalized spacial score (nSPS) is 10.2. The summed E-state index contributed by atoms with van der Waals surface area (Å²) in [6.07, 6.45) is 0. The number of rotatable bonds is 6. The van der Waals surface area contributed by atoms with Crippen molar-refractivity contribution in [3.05, 3.63) is 82.8 Å². The van der Waals surface area contributed by atoms with Crippen LogP contribution in [0.4, 0.5) is 21.9 Å². The molecule has 30 heavy (non-hydrogen) atoms. The van der Waals surface area contributed by atoms with Crippen LogP contribution in [0.15, 0.2) is 71.5 Å². The zero-order chi connectivity index (χ0) is 21.5. The highest BCUT2D eigenvalue weighted by Crippen LogP contribution is 2.15. The maximum absolute atomic E-state index is 12.8. The third-order valence-electron chi connectivity index (χ3n) is 4.35. The van der Waals surface area contributed by atoms with E-state index in [0.717, 1.165) is 0 Å². The van der Waals surface area contributed by atoms with Crippen molar-refractivity contribution in [3.63, 3.8) is 0 Å². The fourth-order valence-electron chi connectivity index (χ4n) is 2.79. The highest BCUT2D eigenvalue weighted by atomic mass is 16.5. The van der Waals surface area contributed by atoms with E-state index in [-0.39, 0.29) is 18.1 Å². The van der Waals surface area contributed by atoms with E-state index in [0.29, 0.717) is 22.8 Å². The van der Waals surface area contributed by atoms with Crippen LogP contribution in [-0.2, 0) is 11.3 Å². The van der Waals surface area contributed by atoms with Crippen LogP contribution >= 0.6 is 0 Å². The number of ether oxygens (including phenoxy) is 1. The Labute approximate surface area is 173 Å². The first-order valence-electron chi connectivity index (χ1n) is 9.23. The Hall–Kier alpha value is -4.07. The average Bonchev–Trinajstić information content (AvgIpc) is 2.74. The number of nitrogens with zero attached hydrogens (tertiary/aromatic N) is 1. The Morgan fingerprint density at radius 1 is 0.867 bits per heavy atom. The summed E-state index contributed by atoms with van der Waals surface area (Å²) >= 11 is 0. The second-order valence-corrected chi connectivity index (χ2v) is 6.50. The number of urea groups is 1. The molecule has 0 spiro atoms. The topological polar surface area (TPSA) is 101 Å². The molecule has 0 atom stereocenters. The first-order chi connectivity index (χ1) is 14.5. The Kier molecular flexibility index (Phi) is 6.49. The molecule has 3 N–H and O–H groups in total. The van der Waals surface area contributed by atoms with Gasteiger partial charge in [-0.1, -0.05) is 18.2 Å². The van der Waals surface area contributed by atoms with Gasteiger partial charge in [-0.15, -0.1) is 0 Å². The number of anilines is 3. The number of pyridine rings is 1. The van der Waals surface area contributed by atoms with E-state index in [4.69, 9.17) is 4.74 Å². The number of hydrogen-bond acceptors (Lipinski definition) is 4. The van der Waals surface area contributed by atoms with Gasteiger partial charge < -0.3 is 25.3 Å². The van der Waals surface area contributed by atoms with E-state index < -0.39 is 11.6 Å². The highest BCUT2D eigenvalue weighted by molar-refractivity contribution is 5.99. The predicted octanol–water partition coefficient (Wildman–Crippen LogP) is 3.45. The largest absolute Gasteiger partial charge is 0.497 e. The molecule has 1 heterocycles. The number of para-hydroxylation sites is 1. The molecule has 0 aliphatic rings. The minimum absolute atomic E-state index is 0.0686. The smallest absolute Gasteiger partial charge is 0.323 e. The molecule has 0 fully saturated rings. The summed E-state index contributed by atoms with van der Waals surface area (Å²) in [7, 11) is 1.55. The summed E-state index contributed by atoms with van der Waals surface area (Å²) in [6, 6.07) is 18.4. The summed E-state index contributed by atoms with van der Waals surface area (Å²) in [5.41, 5.74) is 1.39. The first-order valence-corrected chi connectivity index (χ1v) is 9.23. The molecule has 3 amide bonds. The van der Waals surface area contributed by atoms with Crippen molar-refractivity contribution in [2.45, 2.75) is 13.5 Å². The van der Waals surface area contributed by atoms with Crippen LogP contribution in [0.5, 0.6) is 5.75 Å². The Morgan fingerprint density at radius 2 is 1.53 bits per heavy atom. The number of benzene rings is 2. The van der Waals surface area contributed by atoms with E-state index in [1.165, 1.54) is 10.6 Å². The Bertz CT molecular complexity index is 1090. The molecule has 3 aromatic rings. The van der Waals surface area contributed by atoms with Crippen molar-refractivity contribution in [2.75, 3.05) is 23.1 Å². The number of carbonyl (C=O) groups is 2. The van der Waals surface area contributed by atoms with E-state index in [1.807, 2.05) is 6.07 Å². The highest BCUT2D eigenvalue weighted by Gasteiger charge is 2.13. The predicted molar refractivity (Wildman–Crippen MR) is 116 cm³/mol. The van der Waals surface area contributed by atoms with Crippen LogP contribution in [0.2, 0.25) is 0 Å².